The van der Waals surface area contributed by atoms with Crippen LogP contribution in [0.15, 0.2) is 5.38 Å². The van der Waals surface area contributed by atoms with Crippen LogP contribution in [0.25, 0.3) is 10.2 Å². The molecule has 3 rings (SSSR count). The summed E-state index contributed by atoms with van der Waals surface area (Å²) in [7, 11) is 1.46. The highest BCUT2D eigenvalue weighted by atomic mass is 32.1. The predicted molar refractivity (Wildman–Crippen MR) is 83.8 cm³/mol. The van der Waals surface area contributed by atoms with Gasteiger partial charge in [-0.3, -0.25) is 4.79 Å². The maximum absolute atomic E-state index is 11.8. The fourth-order valence-electron chi connectivity index (χ4n) is 2.92. The Kier molecular flexibility index (Phi) is 3.80. The Labute approximate surface area is 128 Å². The molecular formula is C15H19N3O2S. The lowest BCUT2D eigenvalue weighted by atomic mass is 9.98. The van der Waals surface area contributed by atoms with Crippen molar-refractivity contribution >= 4 is 33.3 Å². The van der Waals surface area contributed by atoms with E-state index in [9.17, 15) is 4.79 Å². The van der Waals surface area contributed by atoms with Gasteiger partial charge in [0.15, 0.2) is 0 Å². The number of aryl methyl sites for hydroxylation is 2. The largest absolute Gasteiger partial charge is 0.469 e. The zero-order valence-electron chi connectivity index (χ0n) is 12.5. The normalized spacial score (nSPS) is 19.0. The third-order valence-electron chi connectivity index (χ3n) is 3.97. The van der Waals surface area contributed by atoms with E-state index in [2.05, 4.69) is 27.2 Å². The molecule has 0 unspecified atom stereocenters. The van der Waals surface area contributed by atoms with E-state index < -0.39 is 0 Å². The Bertz CT molecular complexity index is 683. The van der Waals surface area contributed by atoms with Crippen LogP contribution in [0.2, 0.25) is 0 Å². The van der Waals surface area contributed by atoms with Gasteiger partial charge in [-0.15, -0.1) is 11.3 Å². The molecule has 1 aliphatic heterocycles. The minimum absolute atomic E-state index is 0.0620. The summed E-state index contributed by atoms with van der Waals surface area (Å²) in [5.74, 6) is 1.56. The molecule has 2 aromatic heterocycles. The molecule has 0 spiro atoms. The third-order valence-corrected chi connectivity index (χ3v) is 4.96. The first kappa shape index (κ1) is 14.3. The molecular weight excluding hydrogens is 286 g/mol. The number of piperidine rings is 1. The molecule has 0 radical (unpaired) electrons. The average Bonchev–Trinajstić information content (AvgIpc) is 2.87. The minimum atomic E-state index is -0.122. The molecule has 5 nitrogen and oxygen atoms in total. The number of nitrogens with zero attached hydrogens (tertiary/aromatic N) is 3. The van der Waals surface area contributed by atoms with Crippen molar-refractivity contribution in [3.8, 4) is 0 Å². The maximum Gasteiger partial charge on any atom is 0.310 e. The van der Waals surface area contributed by atoms with Gasteiger partial charge in [0.1, 0.15) is 16.5 Å². The Morgan fingerprint density at radius 2 is 2.24 bits per heavy atom. The fraction of sp³-hybridized carbons (Fsp3) is 0.533. The van der Waals surface area contributed by atoms with Crippen LogP contribution in [-0.4, -0.2) is 36.1 Å². The molecule has 0 aromatic carbocycles. The predicted octanol–water partition coefficient (Wildman–Crippen LogP) is 2.70. The molecule has 2 aromatic rings. The molecule has 0 saturated carbocycles. The zero-order valence-corrected chi connectivity index (χ0v) is 13.4. The van der Waals surface area contributed by atoms with Gasteiger partial charge in [-0.25, -0.2) is 9.97 Å². The summed E-state index contributed by atoms with van der Waals surface area (Å²) >= 11 is 1.65. The Hall–Kier alpha value is -1.69. The Morgan fingerprint density at radius 3 is 3.00 bits per heavy atom. The highest BCUT2D eigenvalue weighted by molar-refractivity contribution is 7.17. The van der Waals surface area contributed by atoms with E-state index >= 15 is 0 Å². The van der Waals surface area contributed by atoms with Crippen molar-refractivity contribution in [1.29, 1.82) is 0 Å². The fourth-order valence-corrected chi connectivity index (χ4v) is 3.88. The molecule has 0 bridgehead atoms. The standard InChI is InChI=1S/C15H19N3O2S/c1-9-8-21-14-12(9)13(16-10(2)17-14)18-6-4-5-11(7-18)15(19)20-3/h8,11H,4-7H2,1-3H3/t11-/m1/s1. The van der Waals surface area contributed by atoms with E-state index in [-0.39, 0.29) is 11.9 Å². The molecule has 0 amide bonds. The van der Waals surface area contributed by atoms with E-state index in [1.165, 1.54) is 12.7 Å². The van der Waals surface area contributed by atoms with Gasteiger partial charge >= 0.3 is 5.97 Å². The second-order valence-electron chi connectivity index (χ2n) is 5.50. The minimum Gasteiger partial charge on any atom is -0.469 e. The van der Waals surface area contributed by atoms with Gasteiger partial charge in [-0.2, -0.15) is 0 Å². The first-order chi connectivity index (χ1) is 10.1. The molecule has 1 saturated heterocycles. The van der Waals surface area contributed by atoms with Gasteiger partial charge < -0.3 is 9.64 Å². The van der Waals surface area contributed by atoms with Crippen LogP contribution in [0, 0.1) is 19.8 Å². The van der Waals surface area contributed by atoms with Crippen molar-refractivity contribution in [2.75, 3.05) is 25.1 Å². The van der Waals surface area contributed by atoms with E-state index in [1.807, 2.05) is 6.92 Å². The number of carbonyl (C=O) groups excluding carboxylic acids is 1. The number of rotatable bonds is 2. The van der Waals surface area contributed by atoms with Crippen LogP contribution in [0.3, 0.4) is 0 Å². The summed E-state index contributed by atoms with van der Waals surface area (Å²) < 4.78 is 4.90. The summed E-state index contributed by atoms with van der Waals surface area (Å²) in [6.07, 6.45) is 1.87. The maximum atomic E-state index is 11.8. The number of aromatic nitrogens is 2. The van der Waals surface area contributed by atoms with Crippen LogP contribution in [0.1, 0.15) is 24.2 Å². The zero-order chi connectivity index (χ0) is 15.0. The van der Waals surface area contributed by atoms with Crippen LogP contribution in [0.5, 0.6) is 0 Å². The molecule has 0 aliphatic carbocycles. The van der Waals surface area contributed by atoms with Crippen molar-refractivity contribution in [2.45, 2.75) is 26.7 Å². The summed E-state index contributed by atoms with van der Waals surface area (Å²) in [5.41, 5.74) is 1.20. The second-order valence-corrected chi connectivity index (χ2v) is 6.36. The Balaban J connectivity index is 1.99. The van der Waals surface area contributed by atoms with Gasteiger partial charge in [-0.1, -0.05) is 0 Å². The lowest BCUT2D eigenvalue weighted by Gasteiger charge is -2.32. The van der Waals surface area contributed by atoms with Crippen molar-refractivity contribution in [3.05, 3.63) is 16.8 Å². The van der Waals surface area contributed by atoms with Crippen LogP contribution in [0.4, 0.5) is 5.82 Å². The number of hydrogen-bond donors (Lipinski definition) is 0. The summed E-state index contributed by atoms with van der Waals surface area (Å²) in [6, 6.07) is 0. The Morgan fingerprint density at radius 1 is 1.43 bits per heavy atom. The number of carbonyl (C=O) groups is 1. The number of thiophene rings is 1. The summed E-state index contributed by atoms with van der Waals surface area (Å²) in [4.78, 5) is 24.2. The van der Waals surface area contributed by atoms with Gasteiger partial charge in [0.25, 0.3) is 0 Å². The molecule has 112 valence electrons. The van der Waals surface area contributed by atoms with Crippen LogP contribution in [-0.2, 0) is 9.53 Å². The summed E-state index contributed by atoms with van der Waals surface area (Å²) in [6.45, 7) is 5.60. The number of fused-ring (bicyclic) bond motifs is 1. The number of methoxy groups -OCH3 is 1. The first-order valence-electron chi connectivity index (χ1n) is 7.15. The van der Waals surface area contributed by atoms with Gasteiger partial charge in [0.05, 0.1) is 18.4 Å². The number of esters is 1. The SMILES string of the molecule is COC(=O)[C@@H]1CCCN(c2nc(C)nc3scc(C)c23)C1. The number of hydrogen-bond acceptors (Lipinski definition) is 6. The lowest BCUT2D eigenvalue weighted by Crippen LogP contribution is -2.39. The molecule has 21 heavy (non-hydrogen) atoms. The van der Waals surface area contributed by atoms with E-state index in [0.29, 0.717) is 6.54 Å². The third kappa shape index (κ3) is 2.60. The monoisotopic (exact) mass is 305 g/mol. The smallest absolute Gasteiger partial charge is 0.310 e. The number of anilines is 1. The van der Waals surface area contributed by atoms with Crippen molar-refractivity contribution < 1.29 is 9.53 Å². The molecule has 1 atom stereocenters. The van der Waals surface area contributed by atoms with Gasteiger partial charge in [0.2, 0.25) is 0 Å². The van der Waals surface area contributed by atoms with Gasteiger partial charge in [0, 0.05) is 13.1 Å². The topological polar surface area (TPSA) is 55.3 Å². The molecule has 6 heteroatoms. The first-order valence-corrected chi connectivity index (χ1v) is 8.03. The van der Waals surface area contributed by atoms with Crippen molar-refractivity contribution in [3.63, 3.8) is 0 Å². The number of ether oxygens (including phenoxy) is 1. The quantitative estimate of drug-likeness (QED) is 0.799. The van der Waals surface area contributed by atoms with Gasteiger partial charge in [-0.05, 0) is 37.6 Å². The van der Waals surface area contributed by atoms with E-state index in [4.69, 9.17) is 4.74 Å². The average molecular weight is 305 g/mol. The molecule has 3 heterocycles. The second kappa shape index (κ2) is 5.60. The van der Waals surface area contributed by atoms with Crippen LogP contribution >= 0.6 is 11.3 Å². The molecule has 1 aliphatic rings. The van der Waals surface area contributed by atoms with Crippen molar-refractivity contribution in [1.82, 2.24) is 9.97 Å². The highest BCUT2D eigenvalue weighted by Gasteiger charge is 2.28. The van der Waals surface area contributed by atoms with E-state index in [1.54, 1.807) is 11.3 Å². The van der Waals surface area contributed by atoms with Crippen LogP contribution < -0.4 is 4.90 Å². The van der Waals surface area contributed by atoms with Crippen molar-refractivity contribution in [2.24, 2.45) is 5.92 Å². The molecule has 0 N–H and O–H groups in total. The lowest BCUT2D eigenvalue weighted by molar-refractivity contribution is -0.145. The molecule has 1 fully saturated rings. The van der Waals surface area contributed by atoms with E-state index in [0.717, 1.165) is 41.2 Å². The summed E-state index contributed by atoms with van der Waals surface area (Å²) in [5, 5.41) is 3.24. The highest BCUT2D eigenvalue weighted by Crippen LogP contribution is 2.33.